The summed E-state index contributed by atoms with van der Waals surface area (Å²) in [5, 5.41) is 10.3. The Bertz CT molecular complexity index is 726. The molecular formula is C19H24N2O2S. The molecule has 1 aliphatic carbocycles. The molecule has 1 N–H and O–H groups in total. The predicted molar refractivity (Wildman–Crippen MR) is 96.4 cm³/mol. The fourth-order valence-corrected chi connectivity index (χ4v) is 4.70. The first-order valence-electron chi connectivity index (χ1n) is 8.55. The molecule has 2 aromatic rings. The summed E-state index contributed by atoms with van der Waals surface area (Å²) in [5.74, 6) is -0.778. The summed E-state index contributed by atoms with van der Waals surface area (Å²) in [4.78, 5) is 19.6. The highest BCUT2D eigenvalue weighted by Crippen LogP contribution is 2.38. The van der Waals surface area contributed by atoms with Crippen molar-refractivity contribution in [3.63, 3.8) is 0 Å². The zero-order valence-electron chi connectivity index (χ0n) is 14.3. The largest absolute Gasteiger partial charge is 0.481 e. The van der Waals surface area contributed by atoms with Gasteiger partial charge < -0.3 is 5.11 Å². The summed E-state index contributed by atoms with van der Waals surface area (Å²) in [6.45, 7) is 2.93. The minimum Gasteiger partial charge on any atom is -0.481 e. The maximum atomic E-state index is 11.1. The number of aryl methyl sites for hydroxylation is 2. The first kappa shape index (κ1) is 17.1. The van der Waals surface area contributed by atoms with Gasteiger partial charge in [0.2, 0.25) is 0 Å². The average molecular weight is 344 g/mol. The standard InChI is InChI=1S/C19H24N2O2S/c1-3-17-20-15-9-6-10-16(19(15)24-17)21(2)12-14-8-5-4-7-13(14)11-18(22)23/h4-5,7-8,16H,3,6,9-12H2,1-2H3,(H,22,23). The Morgan fingerprint density at radius 3 is 2.83 bits per heavy atom. The Kier molecular flexibility index (Phi) is 5.31. The third-order valence-corrected chi connectivity index (χ3v) is 6.02. The maximum absolute atomic E-state index is 11.1. The van der Waals surface area contributed by atoms with Crippen molar-refractivity contribution in [2.75, 3.05) is 7.05 Å². The highest BCUT2D eigenvalue weighted by molar-refractivity contribution is 7.11. The predicted octanol–water partition coefficient (Wildman–Crippen LogP) is 3.84. The van der Waals surface area contributed by atoms with Gasteiger partial charge >= 0.3 is 5.97 Å². The average Bonchev–Trinajstić information content (AvgIpc) is 2.99. The number of carboxylic acids is 1. The molecule has 3 rings (SSSR count). The number of carboxylic acid groups (broad SMARTS) is 1. The van der Waals surface area contributed by atoms with Gasteiger partial charge in [0, 0.05) is 17.5 Å². The van der Waals surface area contributed by atoms with E-state index in [1.807, 2.05) is 35.6 Å². The summed E-state index contributed by atoms with van der Waals surface area (Å²) in [6, 6.07) is 8.26. The lowest BCUT2D eigenvalue weighted by Gasteiger charge is -2.31. The fraction of sp³-hybridized carbons (Fsp3) is 0.474. The highest BCUT2D eigenvalue weighted by atomic mass is 32.1. The molecule has 0 aliphatic heterocycles. The molecule has 1 heterocycles. The van der Waals surface area contributed by atoms with Crippen LogP contribution in [-0.2, 0) is 30.6 Å². The SMILES string of the molecule is CCc1nc2c(s1)C(N(C)Cc1ccccc1CC(=O)O)CCC2. The van der Waals surface area contributed by atoms with E-state index in [0.717, 1.165) is 36.9 Å². The number of benzene rings is 1. The molecule has 0 saturated heterocycles. The van der Waals surface area contributed by atoms with Crippen LogP contribution in [0.2, 0.25) is 0 Å². The van der Waals surface area contributed by atoms with Crippen molar-refractivity contribution in [3.8, 4) is 0 Å². The Morgan fingerprint density at radius 1 is 1.38 bits per heavy atom. The van der Waals surface area contributed by atoms with Gasteiger partial charge in [0.15, 0.2) is 0 Å². The van der Waals surface area contributed by atoms with Crippen LogP contribution < -0.4 is 0 Å². The van der Waals surface area contributed by atoms with E-state index in [1.54, 1.807) is 0 Å². The normalized spacial score (nSPS) is 17.0. The summed E-state index contributed by atoms with van der Waals surface area (Å²) in [5.41, 5.74) is 3.29. The smallest absolute Gasteiger partial charge is 0.307 e. The second kappa shape index (κ2) is 7.45. The number of hydrogen-bond acceptors (Lipinski definition) is 4. The van der Waals surface area contributed by atoms with Crippen LogP contribution in [0.3, 0.4) is 0 Å². The third-order valence-electron chi connectivity index (χ3n) is 4.68. The number of fused-ring (bicyclic) bond motifs is 1. The van der Waals surface area contributed by atoms with Gasteiger partial charge in [-0.15, -0.1) is 11.3 Å². The van der Waals surface area contributed by atoms with Gasteiger partial charge in [-0.25, -0.2) is 4.98 Å². The zero-order chi connectivity index (χ0) is 17.1. The number of rotatable bonds is 6. The molecular weight excluding hydrogens is 320 g/mol. The minimum atomic E-state index is -0.778. The molecule has 4 nitrogen and oxygen atoms in total. The molecule has 0 fully saturated rings. The van der Waals surface area contributed by atoms with E-state index in [0.29, 0.717) is 6.04 Å². The number of hydrogen-bond donors (Lipinski definition) is 1. The van der Waals surface area contributed by atoms with Crippen LogP contribution in [0, 0.1) is 0 Å². The summed E-state index contributed by atoms with van der Waals surface area (Å²) >= 11 is 1.85. The van der Waals surface area contributed by atoms with Crippen LogP contribution in [-0.4, -0.2) is 28.0 Å². The summed E-state index contributed by atoms with van der Waals surface area (Å²) in [6.07, 6.45) is 4.49. The van der Waals surface area contributed by atoms with E-state index in [-0.39, 0.29) is 6.42 Å². The number of thiazole rings is 1. The highest BCUT2D eigenvalue weighted by Gasteiger charge is 2.27. The van der Waals surface area contributed by atoms with Gasteiger partial charge in [0.05, 0.1) is 17.1 Å². The van der Waals surface area contributed by atoms with Crippen molar-refractivity contribution in [2.45, 2.75) is 51.6 Å². The van der Waals surface area contributed by atoms with E-state index >= 15 is 0 Å². The molecule has 5 heteroatoms. The van der Waals surface area contributed by atoms with Crippen LogP contribution in [0.1, 0.15) is 52.5 Å². The Balaban J connectivity index is 1.80. The molecule has 0 saturated carbocycles. The minimum absolute atomic E-state index is 0.0838. The summed E-state index contributed by atoms with van der Waals surface area (Å²) < 4.78 is 0. The first-order chi connectivity index (χ1) is 11.6. The van der Waals surface area contributed by atoms with Gasteiger partial charge in [-0.3, -0.25) is 9.69 Å². The van der Waals surface area contributed by atoms with Crippen molar-refractivity contribution in [1.82, 2.24) is 9.88 Å². The van der Waals surface area contributed by atoms with Crippen molar-refractivity contribution < 1.29 is 9.90 Å². The maximum Gasteiger partial charge on any atom is 0.307 e. The van der Waals surface area contributed by atoms with Crippen LogP contribution in [0.15, 0.2) is 24.3 Å². The number of carbonyl (C=O) groups is 1. The molecule has 1 aromatic carbocycles. The quantitative estimate of drug-likeness (QED) is 0.865. The summed E-state index contributed by atoms with van der Waals surface area (Å²) in [7, 11) is 2.14. The van der Waals surface area contributed by atoms with Gasteiger partial charge in [-0.05, 0) is 43.9 Å². The Labute approximate surface area is 147 Å². The van der Waals surface area contributed by atoms with Crippen molar-refractivity contribution >= 4 is 17.3 Å². The lowest BCUT2D eigenvalue weighted by molar-refractivity contribution is -0.136. The molecule has 1 atom stereocenters. The molecule has 1 aromatic heterocycles. The van der Waals surface area contributed by atoms with Gasteiger partial charge in [0.1, 0.15) is 0 Å². The Morgan fingerprint density at radius 2 is 2.12 bits per heavy atom. The molecule has 128 valence electrons. The molecule has 0 radical (unpaired) electrons. The van der Waals surface area contributed by atoms with Crippen molar-refractivity contribution in [3.05, 3.63) is 51.0 Å². The van der Waals surface area contributed by atoms with E-state index in [2.05, 4.69) is 18.9 Å². The topological polar surface area (TPSA) is 53.4 Å². The van der Waals surface area contributed by atoms with Crippen LogP contribution in [0.4, 0.5) is 0 Å². The molecule has 0 spiro atoms. The lowest BCUT2D eigenvalue weighted by atomic mass is 9.96. The molecule has 1 unspecified atom stereocenters. The molecule has 1 aliphatic rings. The molecule has 24 heavy (non-hydrogen) atoms. The second-order valence-electron chi connectivity index (χ2n) is 6.43. The molecule has 0 bridgehead atoms. The van der Waals surface area contributed by atoms with Crippen LogP contribution in [0.25, 0.3) is 0 Å². The van der Waals surface area contributed by atoms with Crippen LogP contribution >= 0.6 is 11.3 Å². The molecule has 0 amide bonds. The van der Waals surface area contributed by atoms with Crippen molar-refractivity contribution in [1.29, 1.82) is 0 Å². The van der Waals surface area contributed by atoms with E-state index in [9.17, 15) is 4.79 Å². The second-order valence-corrected chi connectivity index (χ2v) is 7.55. The zero-order valence-corrected chi connectivity index (χ0v) is 15.1. The Hall–Kier alpha value is -1.72. The van der Waals surface area contributed by atoms with Gasteiger partial charge in [-0.2, -0.15) is 0 Å². The van der Waals surface area contributed by atoms with E-state index in [4.69, 9.17) is 10.1 Å². The first-order valence-corrected chi connectivity index (χ1v) is 9.37. The third kappa shape index (κ3) is 3.68. The van der Waals surface area contributed by atoms with Crippen LogP contribution in [0.5, 0.6) is 0 Å². The monoisotopic (exact) mass is 344 g/mol. The number of aliphatic carboxylic acids is 1. The van der Waals surface area contributed by atoms with Gasteiger partial charge in [0.25, 0.3) is 0 Å². The number of aromatic nitrogens is 1. The fourth-order valence-electron chi connectivity index (χ4n) is 3.45. The van der Waals surface area contributed by atoms with Crippen molar-refractivity contribution in [2.24, 2.45) is 0 Å². The van der Waals surface area contributed by atoms with E-state index < -0.39 is 5.97 Å². The number of nitrogens with zero attached hydrogens (tertiary/aromatic N) is 2. The van der Waals surface area contributed by atoms with E-state index in [1.165, 1.54) is 22.0 Å². The lowest BCUT2D eigenvalue weighted by Crippen LogP contribution is -2.27. The van der Waals surface area contributed by atoms with Gasteiger partial charge in [-0.1, -0.05) is 31.2 Å².